The van der Waals surface area contributed by atoms with Crippen LogP contribution < -0.4 is 4.57 Å². The molecule has 0 unspecified atom stereocenters. The fraction of sp³-hybridized carbons (Fsp3) is 0.188. The van der Waals surface area contributed by atoms with Gasteiger partial charge >= 0.3 is 0 Å². The maximum absolute atomic E-state index is 12.0. The third-order valence-corrected chi connectivity index (χ3v) is 4.14. The Morgan fingerprint density at radius 1 is 1.04 bits per heavy atom. The van der Waals surface area contributed by atoms with Gasteiger partial charge in [-0.1, -0.05) is 18.2 Å². The number of aromatic nitrogens is 1. The van der Waals surface area contributed by atoms with Crippen molar-refractivity contribution in [2.45, 2.75) is 25.3 Å². The molecule has 1 heterocycles. The van der Waals surface area contributed by atoms with E-state index < -0.39 is 15.0 Å². The molecule has 0 saturated heterocycles. The molecule has 0 N–H and O–H groups in total. The molecule has 1 aromatic heterocycles. The molecule has 0 fully saturated rings. The summed E-state index contributed by atoms with van der Waals surface area (Å²) in [4.78, 5) is 23.0. The molecule has 6 nitrogen and oxygen atoms in total. The summed E-state index contributed by atoms with van der Waals surface area (Å²) in [5.74, 6) is -0.487. The van der Waals surface area contributed by atoms with E-state index in [0.29, 0.717) is 5.56 Å². The van der Waals surface area contributed by atoms with Gasteiger partial charge in [0.05, 0.1) is 10.5 Å². The summed E-state index contributed by atoms with van der Waals surface area (Å²) in [6, 6.07) is 8.83. The Kier molecular flexibility index (Phi) is 4.72. The van der Waals surface area contributed by atoms with Crippen LogP contribution in [0.1, 0.15) is 24.3 Å². The largest absolute Gasteiger partial charge is 0.744 e. The van der Waals surface area contributed by atoms with Crippen molar-refractivity contribution in [3.05, 3.63) is 48.3 Å². The average Bonchev–Trinajstić information content (AvgIpc) is 2.45. The Morgan fingerprint density at radius 3 is 2.22 bits per heavy atom. The van der Waals surface area contributed by atoms with Crippen LogP contribution >= 0.6 is 0 Å². The molecule has 0 aliphatic rings. The molecule has 0 saturated carbocycles. The minimum atomic E-state index is -4.70. The van der Waals surface area contributed by atoms with Crippen LogP contribution in [0.2, 0.25) is 0 Å². The number of pyridine rings is 1. The molecule has 0 spiro atoms. The highest BCUT2D eigenvalue weighted by molar-refractivity contribution is 7.85. The Labute approximate surface area is 134 Å². The second kappa shape index (κ2) is 6.39. The van der Waals surface area contributed by atoms with E-state index in [9.17, 15) is 22.6 Å². The zero-order valence-electron chi connectivity index (χ0n) is 12.6. The summed E-state index contributed by atoms with van der Waals surface area (Å²) in [7, 11) is -4.70. The van der Waals surface area contributed by atoms with Crippen molar-refractivity contribution in [1.82, 2.24) is 0 Å². The second-order valence-electron chi connectivity index (χ2n) is 5.11. The number of benzene rings is 1. The summed E-state index contributed by atoms with van der Waals surface area (Å²) in [6.45, 7) is 2.69. The van der Waals surface area contributed by atoms with E-state index in [4.69, 9.17) is 0 Å². The predicted molar refractivity (Wildman–Crippen MR) is 80.7 cm³/mol. The van der Waals surface area contributed by atoms with Crippen molar-refractivity contribution >= 4 is 21.7 Å². The molecule has 2 aromatic rings. The molecular formula is C16H15NO5S. The van der Waals surface area contributed by atoms with E-state index >= 15 is 0 Å². The lowest BCUT2D eigenvalue weighted by Gasteiger charge is -2.14. The van der Waals surface area contributed by atoms with Crippen molar-refractivity contribution in [3.63, 3.8) is 0 Å². The van der Waals surface area contributed by atoms with Crippen LogP contribution in [0.25, 0.3) is 11.1 Å². The smallest absolute Gasteiger partial charge is 0.256 e. The van der Waals surface area contributed by atoms with Crippen LogP contribution in [0.3, 0.4) is 0 Å². The number of hydrogen-bond donors (Lipinski definition) is 0. The third kappa shape index (κ3) is 3.69. The molecule has 23 heavy (non-hydrogen) atoms. The zero-order valence-corrected chi connectivity index (χ0v) is 13.5. The van der Waals surface area contributed by atoms with Crippen LogP contribution in [-0.2, 0) is 21.5 Å². The Morgan fingerprint density at radius 2 is 1.65 bits per heavy atom. The molecule has 0 atom stereocenters. The molecule has 7 heteroatoms. The van der Waals surface area contributed by atoms with Crippen LogP contribution in [0.15, 0.2) is 47.5 Å². The second-order valence-corrected chi connectivity index (χ2v) is 6.45. The molecule has 0 radical (unpaired) electrons. The number of Topliss-reactive ketones (excluding diaryl/α,β-unsaturated/α-hetero) is 2. The van der Waals surface area contributed by atoms with Crippen molar-refractivity contribution in [1.29, 1.82) is 0 Å². The van der Waals surface area contributed by atoms with Gasteiger partial charge in [-0.25, -0.2) is 8.42 Å². The monoisotopic (exact) mass is 333 g/mol. The van der Waals surface area contributed by atoms with Gasteiger partial charge in [-0.15, -0.1) is 0 Å². The van der Waals surface area contributed by atoms with Crippen molar-refractivity contribution in [2.24, 2.45) is 0 Å². The van der Waals surface area contributed by atoms with Gasteiger partial charge in [0.25, 0.3) is 5.69 Å². The van der Waals surface area contributed by atoms with E-state index in [1.54, 1.807) is 24.4 Å². The van der Waals surface area contributed by atoms with Crippen LogP contribution in [-0.4, -0.2) is 24.5 Å². The molecule has 1 aromatic carbocycles. The maximum Gasteiger partial charge on any atom is 0.256 e. The molecule has 2 rings (SSSR count). The van der Waals surface area contributed by atoms with Crippen molar-refractivity contribution in [2.75, 3.05) is 0 Å². The summed E-state index contributed by atoms with van der Waals surface area (Å²) >= 11 is 0. The van der Waals surface area contributed by atoms with E-state index in [-0.39, 0.29) is 29.4 Å². The molecule has 0 aliphatic carbocycles. The molecule has 120 valence electrons. The lowest BCUT2D eigenvalue weighted by Crippen LogP contribution is -2.43. The van der Waals surface area contributed by atoms with Gasteiger partial charge in [-0.2, -0.15) is 4.57 Å². The van der Waals surface area contributed by atoms with E-state index in [1.807, 2.05) is 0 Å². The summed E-state index contributed by atoms with van der Waals surface area (Å²) in [6.07, 6.45) is 1.57. The standard InChI is InChI=1S/C16H15NO5S/c1-11(18)10-17-9-5-7-14(16(17)12(2)19)13-6-3-4-8-15(13)23(20,21)22/h3-9H,10H2,1-2H3. The molecular weight excluding hydrogens is 318 g/mol. The van der Waals surface area contributed by atoms with Crippen LogP contribution in [0.5, 0.6) is 0 Å². The van der Waals surface area contributed by atoms with E-state index in [0.717, 1.165) is 0 Å². The van der Waals surface area contributed by atoms with Gasteiger partial charge in [0.2, 0.25) is 12.3 Å². The Hall–Kier alpha value is -2.38. The number of hydrogen-bond acceptors (Lipinski definition) is 5. The van der Waals surface area contributed by atoms with Gasteiger partial charge in [0, 0.05) is 25.5 Å². The minimum absolute atomic E-state index is 0.0188. The highest BCUT2D eigenvalue weighted by atomic mass is 32.2. The van der Waals surface area contributed by atoms with Gasteiger partial charge in [-0.05, 0) is 12.1 Å². The van der Waals surface area contributed by atoms with Crippen molar-refractivity contribution < 1.29 is 27.1 Å². The number of ketones is 2. The highest BCUT2D eigenvalue weighted by Crippen LogP contribution is 2.28. The third-order valence-electron chi connectivity index (χ3n) is 3.24. The zero-order chi connectivity index (χ0) is 17.2. The van der Waals surface area contributed by atoms with Gasteiger partial charge < -0.3 is 4.55 Å². The van der Waals surface area contributed by atoms with E-state index in [2.05, 4.69) is 0 Å². The first-order valence-corrected chi connectivity index (χ1v) is 8.20. The SMILES string of the molecule is CC(=O)C[n+]1cccc(-c2ccccc2S(=O)(=O)[O-])c1C(C)=O. The molecule has 0 bridgehead atoms. The van der Waals surface area contributed by atoms with E-state index in [1.165, 1.54) is 36.6 Å². The van der Waals surface area contributed by atoms with Crippen LogP contribution in [0, 0.1) is 0 Å². The van der Waals surface area contributed by atoms with Gasteiger partial charge in [0.15, 0.2) is 12.0 Å². The summed E-state index contributed by atoms with van der Waals surface area (Å²) in [5.41, 5.74) is 0.626. The molecule has 0 aliphatic heterocycles. The Balaban J connectivity index is 2.80. The first-order valence-electron chi connectivity index (χ1n) is 6.80. The topological polar surface area (TPSA) is 95.2 Å². The summed E-state index contributed by atoms with van der Waals surface area (Å²) in [5, 5.41) is 0. The number of carbonyl (C=O) groups is 2. The lowest BCUT2D eigenvalue weighted by atomic mass is 10.0. The van der Waals surface area contributed by atoms with Gasteiger partial charge in [-0.3, -0.25) is 9.59 Å². The van der Waals surface area contributed by atoms with Gasteiger partial charge in [0.1, 0.15) is 10.1 Å². The fourth-order valence-electron chi connectivity index (χ4n) is 2.44. The quantitative estimate of drug-likeness (QED) is 0.467. The highest BCUT2D eigenvalue weighted by Gasteiger charge is 2.25. The average molecular weight is 333 g/mol. The minimum Gasteiger partial charge on any atom is -0.744 e. The first-order chi connectivity index (χ1) is 10.7. The summed E-state index contributed by atoms with van der Waals surface area (Å²) < 4.78 is 35.9. The Bertz CT molecular complexity index is 887. The number of nitrogens with zero attached hydrogens (tertiary/aromatic N) is 1. The number of carbonyl (C=O) groups excluding carboxylic acids is 2. The molecule has 0 amide bonds. The van der Waals surface area contributed by atoms with Crippen molar-refractivity contribution in [3.8, 4) is 11.1 Å². The predicted octanol–water partition coefficient (Wildman–Crippen LogP) is 1.34. The first kappa shape index (κ1) is 17.0. The number of rotatable bonds is 5. The van der Waals surface area contributed by atoms with Crippen LogP contribution in [0.4, 0.5) is 0 Å². The normalized spacial score (nSPS) is 11.3. The maximum atomic E-state index is 12.0. The lowest BCUT2D eigenvalue weighted by molar-refractivity contribution is -0.685. The fourth-order valence-corrected chi connectivity index (χ4v) is 3.13.